The van der Waals surface area contributed by atoms with Gasteiger partial charge < -0.3 is 19.3 Å². The van der Waals surface area contributed by atoms with E-state index in [1.807, 2.05) is 0 Å². The molecule has 7 nitrogen and oxygen atoms in total. The van der Waals surface area contributed by atoms with Crippen molar-refractivity contribution in [2.75, 3.05) is 21.3 Å². The first-order valence-electron chi connectivity index (χ1n) is 9.80. The fourth-order valence-electron chi connectivity index (χ4n) is 4.31. The predicted molar refractivity (Wildman–Crippen MR) is 99.9 cm³/mol. The highest BCUT2D eigenvalue weighted by molar-refractivity contribution is 5.73. The molecule has 2 rings (SSSR count). The standard InChI is InChI=1S/C20H33NO6/c1-25-16-11-9-15(10-12-16)19(23)21(20(24)27-3)17(13-18(22)26-2)14-7-5-4-6-8-14/h4-5,14-17,19,23H,6-13H2,1-3H3. The Morgan fingerprint density at radius 3 is 2.26 bits per heavy atom. The van der Waals surface area contributed by atoms with Gasteiger partial charge in [0.05, 0.1) is 32.8 Å². The Kier molecular flexibility index (Phi) is 8.57. The second-order valence-electron chi connectivity index (χ2n) is 7.46. The first kappa shape index (κ1) is 21.7. The topological polar surface area (TPSA) is 85.3 Å². The van der Waals surface area contributed by atoms with Gasteiger partial charge in [-0.25, -0.2) is 4.79 Å². The highest BCUT2D eigenvalue weighted by Crippen LogP contribution is 2.34. The van der Waals surface area contributed by atoms with Gasteiger partial charge in [-0.05, 0) is 50.9 Å². The lowest BCUT2D eigenvalue weighted by atomic mass is 9.82. The zero-order valence-electron chi connectivity index (χ0n) is 16.6. The highest BCUT2D eigenvalue weighted by Gasteiger charge is 2.41. The number of rotatable bonds is 7. The lowest BCUT2D eigenvalue weighted by Crippen LogP contribution is -2.54. The summed E-state index contributed by atoms with van der Waals surface area (Å²) >= 11 is 0. The smallest absolute Gasteiger partial charge is 0.411 e. The van der Waals surface area contributed by atoms with Crippen molar-refractivity contribution in [3.05, 3.63) is 12.2 Å². The molecular weight excluding hydrogens is 350 g/mol. The molecule has 0 aliphatic heterocycles. The second kappa shape index (κ2) is 10.7. The van der Waals surface area contributed by atoms with E-state index in [-0.39, 0.29) is 24.4 Å². The first-order valence-corrected chi connectivity index (χ1v) is 9.80. The Balaban J connectivity index is 2.22. The number of hydrogen-bond acceptors (Lipinski definition) is 6. The quantitative estimate of drug-likeness (QED) is 0.413. The van der Waals surface area contributed by atoms with E-state index in [1.165, 1.54) is 19.1 Å². The maximum Gasteiger partial charge on any atom is 0.411 e. The maximum absolute atomic E-state index is 12.6. The molecule has 0 aromatic heterocycles. The van der Waals surface area contributed by atoms with Crippen LogP contribution in [-0.2, 0) is 19.0 Å². The average Bonchev–Trinajstić information content (AvgIpc) is 2.73. The molecule has 2 aliphatic rings. The molecular formula is C20H33NO6. The van der Waals surface area contributed by atoms with E-state index >= 15 is 0 Å². The van der Waals surface area contributed by atoms with Crippen molar-refractivity contribution in [1.29, 1.82) is 0 Å². The third-order valence-corrected chi connectivity index (χ3v) is 5.96. The van der Waals surface area contributed by atoms with Crippen LogP contribution in [0.15, 0.2) is 12.2 Å². The van der Waals surface area contributed by atoms with Crippen molar-refractivity contribution >= 4 is 12.1 Å². The maximum atomic E-state index is 12.6. The van der Waals surface area contributed by atoms with Gasteiger partial charge in [-0.2, -0.15) is 0 Å². The van der Waals surface area contributed by atoms with Crippen molar-refractivity contribution in [1.82, 2.24) is 4.90 Å². The Morgan fingerprint density at radius 1 is 1.04 bits per heavy atom. The molecule has 1 saturated carbocycles. The monoisotopic (exact) mass is 383 g/mol. The Hall–Kier alpha value is -1.60. The molecule has 3 atom stereocenters. The molecule has 1 N–H and O–H groups in total. The minimum absolute atomic E-state index is 0.0502. The summed E-state index contributed by atoms with van der Waals surface area (Å²) in [4.78, 5) is 26.1. The van der Waals surface area contributed by atoms with Crippen LogP contribution in [-0.4, -0.2) is 61.8 Å². The number of aliphatic hydroxyl groups excluding tert-OH is 1. The Labute approximate surface area is 161 Å². The molecule has 1 fully saturated rings. The Bertz CT molecular complexity index is 515. The molecule has 0 aromatic carbocycles. The summed E-state index contributed by atoms with van der Waals surface area (Å²) in [7, 11) is 4.34. The number of hydrogen-bond donors (Lipinski definition) is 1. The van der Waals surface area contributed by atoms with E-state index in [9.17, 15) is 14.7 Å². The van der Waals surface area contributed by atoms with Crippen LogP contribution in [0, 0.1) is 11.8 Å². The average molecular weight is 383 g/mol. The van der Waals surface area contributed by atoms with Gasteiger partial charge in [0.25, 0.3) is 0 Å². The van der Waals surface area contributed by atoms with E-state index in [0.717, 1.165) is 44.9 Å². The van der Waals surface area contributed by atoms with Gasteiger partial charge in [0.15, 0.2) is 0 Å². The van der Waals surface area contributed by atoms with E-state index in [0.29, 0.717) is 0 Å². The molecule has 2 aliphatic carbocycles. The van der Waals surface area contributed by atoms with E-state index in [1.54, 1.807) is 7.11 Å². The minimum Gasteiger partial charge on any atom is -0.469 e. The first-order chi connectivity index (χ1) is 13.0. The van der Waals surface area contributed by atoms with Crippen LogP contribution < -0.4 is 0 Å². The third kappa shape index (κ3) is 5.69. The van der Waals surface area contributed by atoms with Gasteiger partial charge in [-0.15, -0.1) is 0 Å². The minimum atomic E-state index is -0.990. The van der Waals surface area contributed by atoms with Crippen LogP contribution >= 0.6 is 0 Å². The zero-order valence-corrected chi connectivity index (χ0v) is 16.6. The van der Waals surface area contributed by atoms with Crippen LogP contribution in [0.3, 0.4) is 0 Å². The molecule has 0 aromatic rings. The summed E-state index contributed by atoms with van der Waals surface area (Å²) in [5, 5.41) is 11.1. The molecule has 0 spiro atoms. The van der Waals surface area contributed by atoms with Crippen molar-refractivity contribution in [3.63, 3.8) is 0 Å². The molecule has 0 bridgehead atoms. The second-order valence-corrected chi connectivity index (χ2v) is 7.46. The SMILES string of the molecule is COC(=O)CC(C1CC=CCC1)N(C(=O)OC)C(O)C1CCC(OC)CC1. The van der Waals surface area contributed by atoms with Gasteiger partial charge >= 0.3 is 12.1 Å². The van der Waals surface area contributed by atoms with Gasteiger partial charge in [0.2, 0.25) is 0 Å². The summed E-state index contributed by atoms with van der Waals surface area (Å²) in [6, 6.07) is -0.454. The number of methoxy groups -OCH3 is 3. The van der Waals surface area contributed by atoms with Crippen molar-refractivity contribution in [2.24, 2.45) is 11.8 Å². The summed E-state index contributed by atoms with van der Waals surface area (Å²) in [5.74, 6) is -0.369. The number of carbonyl (C=O) groups excluding carboxylic acids is 2. The molecule has 7 heteroatoms. The summed E-state index contributed by atoms with van der Waals surface area (Å²) in [5.41, 5.74) is 0. The van der Waals surface area contributed by atoms with Gasteiger partial charge in [-0.3, -0.25) is 9.69 Å². The van der Waals surface area contributed by atoms with E-state index < -0.39 is 24.3 Å². The van der Waals surface area contributed by atoms with Crippen molar-refractivity contribution < 1.29 is 28.9 Å². The van der Waals surface area contributed by atoms with E-state index in [2.05, 4.69) is 12.2 Å². The normalized spacial score (nSPS) is 27.5. The van der Waals surface area contributed by atoms with Crippen LogP contribution in [0.1, 0.15) is 51.4 Å². The number of ether oxygens (including phenoxy) is 3. The van der Waals surface area contributed by atoms with Crippen LogP contribution in [0.5, 0.6) is 0 Å². The fourth-order valence-corrected chi connectivity index (χ4v) is 4.31. The third-order valence-electron chi connectivity index (χ3n) is 5.96. The summed E-state index contributed by atoms with van der Waals surface area (Å²) in [6.07, 6.45) is 8.59. The molecule has 0 saturated heterocycles. The molecule has 0 radical (unpaired) electrons. The molecule has 3 unspecified atom stereocenters. The molecule has 1 amide bonds. The number of allylic oxidation sites excluding steroid dienone is 2. The van der Waals surface area contributed by atoms with E-state index in [4.69, 9.17) is 14.2 Å². The fraction of sp³-hybridized carbons (Fsp3) is 0.800. The highest BCUT2D eigenvalue weighted by atomic mass is 16.5. The number of aliphatic hydroxyl groups is 1. The number of carbonyl (C=O) groups is 2. The van der Waals surface area contributed by atoms with Crippen molar-refractivity contribution in [2.45, 2.75) is 69.7 Å². The molecule has 154 valence electrons. The number of nitrogens with zero attached hydrogens (tertiary/aromatic N) is 1. The predicted octanol–water partition coefficient (Wildman–Crippen LogP) is 2.87. The summed E-state index contributed by atoms with van der Waals surface area (Å²) in [6.45, 7) is 0. The zero-order chi connectivity index (χ0) is 19.8. The van der Waals surface area contributed by atoms with Crippen LogP contribution in [0.2, 0.25) is 0 Å². The largest absolute Gasteiger partial charge is 0.469 e. The molecule has 27 heavy (non-hydrogen) atoms. The summed E-state index contributed by atoms with van der Waals surface area (Å²) < 4.78 is 15.2. The number of esters is 1. The van der Waals surface area contributed by atoms with Crippen LogP contribution in [0.25, 0.3) is 0 Å². The Morgan fingerprint density at radius 2 is 1.74 bits per heavy atom. The lowest BCUT2D eigenvalue weighted by Gasteiger charge is -2.42. The molecule has 0 heterocycles. The van der Waals surface area contributed by atoms with Gasteiger partial charge in [-0.1, -0.05) is 12.2 Å². The van der Waals surface area contributed by atoms with Gasteiger partial charge in [0, 0.05) is 13.0 Å². The lowest BCUT2D eigenvalue weighted by molar-refractivity contribution is -0.144. The van der Waals surface area contributed by atoms with Gasteiger partial charge in [0.1, 0.15) is 6.23 Å². The number of amides is 1. The van der Waals surface area contributed by atoms with Crippen LogP contribution in [0.4, 0.5) is 4.79 Å². The van der Waals surface area contributed by atoms with Crippen molar-refractivity contribution in [3.8, 4) is 0 Å².